The van der Waals surface area contributed by atoms with Gasteiger partial charge in [0, 0.05) is 11.4 Å². The average Bonchev–Trinajstić information content (AvgIpc) is 2.59. The van der Waals surface area contributed by atoms with E-state index in [4.69, 9.17) is 16.3 Å². The first kappa shape index (κ1) is 19.4. The summed E-state index contributed by atoms with van der Waals surface area (Å²) in [6, 6.07) is 7.79. The van der Waals surface area contributed by atoms with Crippen molar-refractivity contribution in [3.63, 3.8) is 0 Å². The van der Waals surface area contributed by atoms with Gasteiger partial charge in [0.2, 0.25) is 0 Å². The van der Waals surface area contributed by atoms with E-state index < -0.39 is 24.5 Å². The molecule has 0 fully saturated rings. The van der Waals surface area contributed by atoms with Gasteiger partial charge in [-0.15, -0.1) is 0 Å². The van der Waals surface area contributed by atoms with Crippen LogP contribution in [0.1, 0.15) is 32.0 Å². The van der Waals surface area contributed by atoms with Gasteiger partial charge in [-0.25, -0.2) is 14.6 Å². The van der Waals surface area contributed by atoms with Crippen LogP contribution in [0.25, 0.3) is 0 Å². The molecule has 0 saturated carbocycles. The molecule has 7 nitrogen and oxygen atoms in total. The Hall–Kier alpha value is -2.93. The smallest absolute Gasteiger partial charge is 0.342 e. The Morgan fingerprint density at radius 1 is 1.12 bits per heavy atom. The maximum absolute atomic E-state index is 12.1. The fourth-order valence-corrected chi connectivity index (χ4v) is 2.60. The van der Waals surface area contributed by atoms with Crippen LogP contribution < -0.4 is 5.32 Å². The number of halogens is 1. The number of carbonyl (C=O) groups excluding carboxylic acids is 3. The number of pyridine rings is 1. The van der Waals surface area contributed by atoms with Crippen LogP contribution in [0.4, 0.5) is 5.69 Å². The zero-order chi connectivity index (χ0) is 19.3. The number of ether oxygens (including phenoxy) is 2. The maximum Gasteiger partial charge on any atom is 0.342 e. The van der Waals surface area contributed by atoms with Crippen molar-refractivity contribution in [2.24, 2.45) is 0 Å². The van der Waals surface area contributed by atoms with E-state index in [0.29, 0.717) is 22.5 Å². The standard InChI is InChI=1S/C18H17ClN2O5/c1-10-8-11(2)20-16(19)15(10)18(24)26-9-14(22)21-13-6-4-12(5-7-13)17(23)25-3/h4-8H,9H2,1-3H3,(H,21,22). The molecule has 1 amide bonds. The van der Waals surface area contributed by atoms with Gasteiger partial charge in [-0.1, -0.05) is 11.6 Å². The Morgan fingerprint density at radius 2 is 1.77 bits per heavy atom. The normalized spacial score (nSPS) is 10.2. The van der Waals surface area contributed by atoms with Gasteiger partial charge in [0.25, 0.3) is 5.91 Å². The van der Waals surface area contributed by atoms with Crippen LogP contribution in [0.2, 0.25) is 5.15 Å². The zero-order valence-electron chi connectivity index (χ0n) is 14.5. The van der Waals surface area contributed by atoms with Crippen molar-refractivity contribution in [2.75, 3.05) is 19.0 Å². The highest BCUT2D eigenvalue weighted by Gasteiger charge is 2.18. The number of hydrogen-bond acceptors (Lipinski definition) is 6. The number of esters is 2. The monoisotopic (exact) mass is 376 g/mol. The fourth-order valence-electron chi connectivity index (χ4n) is 2.24. The van der Waals surface area contributed by atoms with Gasteiger partial charge in [-0.3, -0.25) is 4.79 Å². The van der Waals surface area contributed by atoms with Crippen LogP contribution in [0.3, 0.4) is 0 Å². The molecule has 0 radical (unpaired) electrons. The van der Waals surface area contributed by atoms with E-state index in [-0.39, 0.29) is 10.7 Å². The summed E-state index contributed by atoms with van der Waals surface area (Å²) >= 11 is 5.98. The maximum atomic E-state index is 12.1. The minimum Gasteiger partial charge on any atom is -0.465 e. The summed E-state index contributed by atoms with van der Waals surface area (Å²) in [5, 5.41) is 2.59. The van der Waals surface area contributed by atoms with Crippen LogP contribution in [0, 0.1) is 13.8 Å². The number of nitrogens with zero attached hydrogens (tertiary/aromatic N) is 1. The van der Waals surface area contributed by atoms with Gasteiger partial charge < -0.3 is 14.8 Å². The molecule has 1 heterocycles. The third-order valence-corrected chi connectivity index (χ3v) is 3.70. The van der Waals surface area contributed by atoms with E-state index in [2.05, 4.69) is 15.0 Å². The van der Waals surface area contributed by atoms with E-state index in [9.17, 15) is 14.4 Å². The van der Waals surface area contributed by atoms with Crippen molar-refractivity contribution in [3.05, 3.63) is 57.9 Å². The lowest BCUT2D eigenvalue weighted by molar-refractivity contribution is -0.119. The minimum atomic E-state index is -0.726. The topological polar surface area (TPSA) is 94.6 Å². The molecule has 2 aromatic rings. The first-order valence-electron chi connectivity index (χ1n) is 7.61. The Labute approximate surface area is 155 Å². The first-order valence-corrected chi connectivity index (χ1v) is 7.98. The number of anilines is 1. The van der Waals surface area contributed by atoms with E-state index >= 15 is 0 Å². The Bertz CT molecular complexity index is 826. The molecule has 8 heteroatoms. The molecule has 0 aliphatic carbocycles. The van der Waals surface area contributed by atoms with Crippen molar-refractivity contribution < 1.29 is 23.9 Å². The van der Waals surface area contributed by atoms with E-state index in [0.717, 1.165) is 0 Å². The third-order valence-electron chi connectivity index (χ3n) is 3.43. The summed E-state index contributed by atoms with van der Waals surface area (Å²) < 4.78 is 9.58. The molecule has 0 bridgehead atoms. The van der Waals surface area contributed by atoms with Crippen molar-refractivity contribution >= 4 is 35.1 Å². The van der Waals surface area contributed by atoms with Crippen LogP contribution in [-0.4, -0.2) is 36.5 Å². The van der Waals surface area contributed by atoms with Crippen LogP contribution in [-0.2, 0) is 14.3 Å². The Balaban J connectivity index is 1.94. The molecule has 2 rings (SSSR count). The van der Waals surface area contributed by atoms with E-state index in [1.54, 1.807) is 19.9 Å². The van der Waals surface area contributed by atoms with Crippen molar-refractivity contribution in [1.29, 1.82) is 0 Å². The number of carbonyl (C=O) groups is 3. The molecular formula is C18H17ClN2O5. The van der Waals surface area contributed by atoms with Crippen LogP contribution in [0.5, 0.6) is 0 Å². The second-order valence-electron chi connectivity index (χ2n) is 5.44. The van der Waals surface area contributed by atoms with Crippen LogP contribution in [0.15, 0.2) is 30.3 Å². The number of rotatable bonds is 5. The number of benzene rings is 1. The highest BCUT2D eigenvalue weighted by molar-refractivity contribution is 6.32. The molecule has 1 N–H and O–H groups in total. The van der Waals surface area contributed by atoms with Gasteiger partial charge in [-0.2, -0.15) is 0 Å². The second-order valence-corrected chi connectivity index (χ2v) is 5.80. The lowest BCUT2D eigenvalue weighted by Crippen LogP contribution is -2.21. The van der Waals surface area contributed by atoms with Crippen molar-refractivity contribution in [3.8, 4) is 0 Å². The van der Waals surface area contributed by atoms with E-state index in [1.807, 2.05) is 0 Å². The zero-order valence-corrected chi connectivity index (χ0v) is 15.2. The lowest BCUT2D eigenvalue weighted by Gasteiger charge is -2.10. The summed E-state index contributed by atoms with van der Waals surface area (Å²) in [6.45, 7) is 2.98. The Morgan fingerprint density at radius 3 is 2.35 bits per heavy atom. The number of amides is 1. The molecule has 0 aliphatic heterocycles. The SMILES string of the molecule is COC(=O)c1ccc(NC(=O)COC(=O)c2c(C)cc(C)nc2Cl)cc1. The molecule has 26 heavy (non-hydrogen) atoms. The summed E-state index contributed by atoms with van der Waals surface area (Å²) in [7, 11) is 1.28. The van der Waals surface area contributed by atoms with Gasteiger partial charge in [0.05, 0.1) is 18.2 Å². The lowest BCUT2D eigenvalue weighted by atomic mass is 10.1. The van der Waals surface area contributed by atoms with Crippen molar-refractivity contribution in [1.82, 2.24) is 4.98 Å². The molecule has 0 spiro atoms. The summed E-state index contributed by atoms with van der Waals surface area (Å²) in [6.07, 6.45) is 0. The summed E-state index contributed by atoms with van der Waals surface area (Å²) in [5.74, 6) is -1.73. The molecule has 1 aromatic heterocycles. The molecule has 0 saturated heterocycles. The minimum absolute atomic E-state index is 0.0336. The number of hydrogen-bond donors (Lipinski definition) is 1. The van der Waals surface area contributed by atoms with Gasteiger partial charge in [-0.05, 0) is 49.7 Å². The summed E-state index contributed by atoms with van der Waals surface area (Å²) in [4.78, 5) is 39.4. The number of nitrogens with one attached hydrogen (secondary N) is 1. The largest absolute Gasteiger partial charge is 0.465 e. The van der Waals surface area contributed by atoms with Gasteiger partial charge in [0.15, 0.2) is 6.61 Å². The van der Waals surface area contributed by atoms with Crippen LogP contribution >= 0.6 is 11.6 Å². The van der Waals surface area contributed by atoms with Gasteiger partial charge in [0.1, 0.15) is 5.15 Å². The predicted octanol–water partition coefficient (Wildman–Crippen LogP) is 2.93. The molecule has 136 valence electrons. The number of aryl methyl sites for hydroxylation is 2. The third kappa shape index (κ3) is 4.80. The molecular weight excluding hydrogens is 360 g/mol. The number of aromatic nitrogens is 1. The van der Waals surface area contributed by atoms with E-state index in [1.165, 1.54) is 31.4 Å². The predicted molar refractivity (Wildman–Crippen MR) is 95.4 cm³/mol. The molecule has 0 atom stereocenters. The Kier molecular flexibility index (Phi) is 6.30. The van der Waals surface area contributed by atoms with Gasteiger partial charge >= 0.3 is 11.9 Å². The fraction of sp³-hybridized carbons (Fsp3) is 0.222. The highest BCUT2D eigenvalue weighted by atomic mass is 35.5. The highest BCUT2D eigenvalue weighted by Crippen LogP contribution is 2.19. The first-order chi connectivity index (χ1) is 12.3. The quantitative estimate of drug-likeness (QED) is 0.636. The van der Waals surface area contributed by atoms with Crippen molar-refractivity contribution in [2.45, 2.75) is 13.8 Å². The summed E-state index contributed by atoms with van der Waals surface area (Å²) in [5.41, 5.74) is 2.23. The number of methoxy groups -OCH3 is 1. The molecule has 0 aliphatic rings. The molecule has 0 unspecified atom stereocenters. The average molecular weight is 377 g/mol. The second kappa shape index (κ2) is 8.44. The molecule has 1 aromatic carbocycles.